The Bertz CT molecular complexity index is 1440. The predicted octanol–water partition coefficient (Wildman–Crippen LogP) is 8.35. The summed E-state index contributed by atoms with van der Waals surface area (Å²) in [6.07, 6.45) is 0.565. The number of halogens is 2. The van der Waals surface area contributed by atoms with Crippen LogP contribution in [0.5, 0.6) is 5.75 Å². The number of nitrogens with zero attached hydrogens (tertiary/aromatic N) is 1. The highest BCUT2D eigenvalue weighted by molar-refractivity contribution is 7.80. The second kappa shape index (κ2) is 13.7. The van der Waals surface area contributed by atoms with Crippen molar-refractivity contribution >= 4 is 34.8 Å². The van der Waals surface area contributed by atoms with E-state index < -0.39 is 5.92 Å². The van der Waals surface area contributed by atoms with Crippen molar-refractivity contribution < 1.29 is 13.5 Å². The number of nitrogen functional groups attached to an aromatic ring is 1. The van der Waals surface area contributed by atoms with Gasteiger partial charge in [-0.2, -0.15) is 0 Å². The topological polar surface area (TPSA) is 72.2 Å². The predicted molar refractivity (Wildman–Crippen MR) is 171 cm³/mol. The molecule has 0 radical (unpaired) electrons. The Hall–Kier alpha value is -3.14. The first-order valence-corrected chi connectivity index (χ1v) is 15.0. The smallest absolute Gasteiger partial charge is 0.275 e. The molecule has 0 atom stereocenters. The fourth-order valence-electron chi connectivity index (χ4n) is 4.34. The van der Waals surface area contributed by atoms with E-state index in [0.29, 0.717) is 36.1 Å². The van der Waals surface area contributed by atoms with Crippen molar-refractivity contribution in [1.82, 2.24) is 10.3 Å². The van der Waals surface area contributed by atoms with Crippen molar-refractivity contribution in [1.29, 1.82) is 0 Å². The van der Waals surface area contributed by atoms with Crippen LogP contribution in [-0.4, -0.2) is 31.2 Å². The molecule has 0 unspecified atom stereocenters. The summed E-state index contributed by atoms with van der Waals surface area (Å²) in [6, 6.07) is 21.9. The lowest BCUT2D eigenvalue weighted by atomic mass is 9.93. The first-order valence-electron chi connectivity index (χ1n) is 13.7. The van der Waals surface area contributed by atoms with E-state index in [1.165, 1.54) is 17.4 Å². The van der Waals surface area contributed by atoms with E-state index >= 15 is 8.78 Å². The molecule has 41 heavy (non-hydrogen) atoms. The number of hydrogen-bond acceptors (Lipinski definition) is 7. The molecule has 1 aromatic heterocycles. The summed E-state index contributed by atoms with van der Waals surface area (Å²) in [7, 11) is 0. The molecule has 0 amide bonds. The van der Waals surface area contributed by atoms with Crippen LogP contribution >= 0.6 is 24.0 Å². The molecule has 5 nitrogen and oxygen atoms in total. The van der Waals surface area contributed by atoms with Crippen LogP contribution in [0, 0.1) is 5.41 Å². The quantitative estimate of drug-likeness (QED) is 0.0922. The lowest BCUT2D eigenvalue weighted by Crippen LogP contribution is -2.27. The third kappa shape index (κ3) is 8.92. The second-order valence-corrected chi connectivity index (χ2v) is 12.7. The van der Waals surface area contributed by atoms with Crippen molar-refractivity contribution in [3.05, 3.63) is 78.4 Å². The molecule has 1 heterocycles. The minimum absolute atomic E-state index is 0.0605. The van der Waals surface area contributed by atoms with E-state index in [1.54, 1.807) is 18.2 Å². The van der Waals surface area contributed by atoms with Crippen molar-refractivity contribution in [3.8, 4) is 27.4 Å². The van der Waals surface area contributed by atoms with E-state index in [-0.39, 0.29) is 23.9 Å². The summed E-state index contributed by atoms with van der Waals surface area (Å²) in [6.45, 7) is 8.43. The number of alkyl halides is 2. The molecule has 0 saturated carbocycles. The van der Waals surface area contributed by atoms with Gasteiger partial charge >= 0.3 is 0 Å². The molecular formula is C32H38F2N4OS2. The molecule has 0 aliphatic heterocycles. The first kappa shape index (κ1) is 30.8. The van der Waals surface area contributed by atoms with Crippen LogP contribution in [0.2, 0.25) is 0 Å². The van der Waals surface area contributed by atoms with Gasteiger partial charge in [-0.1, -0.05) is 74.6 Å². The summed E-state index contributed by atoms with van der Waals surface area (Å²) in [4.78, 5) is 6.11. The van der Waals surface area contributed by atoms with Crippen LogP contribution in [0.25, 0.3) is 21.7 Å². The van der Waals surface area contributed by atoms with Gasteiger partial charge in [0.05, 0.1) is 17.2 Å². The number of nitrogens with two attached hydrogens (primary N) is 1. The van der Waals surface area contributed by atoms with Crippen molar-refractivity contribution in [3.63, 3.8) is 0 Å². The average molecular weight is 597 g/mol. The normalized spacial score (nSPS) is 12.0. The van der Waals surface area contributed by atoms with Crippen molar-refractivity contribution in [2.24, 2.45) is 5.41 Å². The number of thiazole rings is 1. The highest BCUT2D eigenvalue weighted by Crippen LogP contribution is 2.44. The van der Waals surface area contributed by atoms with E-state index in [4.69, 9.17) is 10.5 Å². The van der Waals surface area contributed by atoms with Crippen LogP contribution in [-0.2, 0) is 5.92 Å². The summed E-state index contributed by atoms with van der Waals surface area (Å²) in [5, 5.41) is 6.71. The van der Waals surface area contributed by atoms with Crippen molar-refractivity contribution in [2.45, 2.75) is 44.4 Å². The lowest BCUT2D eigenvalue weighted by molar-refractivity contribution is -0.0121. The van der Waals surface area contributed by atoms with Gasteiger partial charge in [0, 0.05) is 47.8 Å². The molecule has 9 heteroatoms. The van der Waals surface area contributed by atoms with Gasteiger partial charge < -0.3 is 21.1 Å². The molecule has 3 aromatic carbocycles. The van der Waals surface area contributed by atoms with E-state index in [0.717, 1.165) is 33.2 Å². The number of anilines is 2. The molecule has 0 aliphatic carbocycles. The summed E-state index contributed by atoms with van der Waals surface area (Å²) in [5.74, 6) is -2.34. The maximum Gasteiger partial charge on any atom is 0.275 e. The van der Waals surface area contributed by atoms with Crippen LogP contribution < -0.4 is 21.1 Å². The Morgan fingerprint density at radius 3 is 2.49 bits per heavy atom. The monoisotopic (exact) mass is 596 g/mol. The molecule has 4 N–H and O–H groups in total. The van der Waals surface area contributed by atoms with Crippen molar-refractivity contribution in [2.75, 3.05) is 37.3 Å². The van der Waals surface area contributed by atoms with Gasteiger partial charge in [0.15, 0.2) is 5.13 Å². The minimum Gasteiger partial charge on any atom is -0.494 e. The van der Waals surface area contributed by atoms with Gasteiger partial charge in [-0.25, -0.2) is 13.8 Å². The summed E-state index contributed by atoms with van der Waals surface area (Å²) < 4.78 is 37.2. The van der Waals surface area contributed by atoms with E-state index in [2.05, 4.69) is 49.0 Å². The fraction of sp³-hybridized carbons (Fsp3) is 0.344. The maximum atomic E-state index is 15.6. The zero-order valence-electron chi connectivity index (χ0n) is 23.7. The SMILES string of the molecule is CC(C)(C)CCOc1cccc(-c2sc(N)nc2-c2ccccc2C(F)(F)CCNCCNc2cccc(S)c2)c1. The van der Waals surface area contributed by atoms with Crippen LogP contribution in [0.15, 0.2) is 77.7 Å². The second-order valence-electron chi connectivity index (χ2n) is 11.1. The maximum absolute atomic E-state index is 15.6. The van der Waals surface area contributed by atoms with Crippen LogP contribution in [0.1, 0.15) is 39.2 Å². The number of hydrogen-bond donors (Lipinski definition) is 4. The average Bonchev–Trinajstić information content (AvgIpc) is 3.32. The zero-order chi connectivity index (χ0) is 29.5. The Kier molecular flexibility index (Phi) is 10.3. The standard InChI is InChI=1S/C32H38F2N4OS2/c1-31(2,3)15-19-39-24-10-6-8-22(20-24)29-28(38-30(35)41-29)26-12-4-5-13-27(26)32(33,34)14-16-36-17-18-37-23-9-7-11-25(40)21-23/h4-13,20-21,36-37,40H,14-19H2,1-3H3,(H2,35,38). The van der Waals surface area contributed by atoms with Crippen LogP contribution in [0.3, 0.4) is 0 Å². The summed E-state index contributed by atoms with van der Waals surface area (Å²) in [5.41, 5.74) is 8.84. The van der Waals surface area contributed by atoms with Crippen LogP contribution in [0.4, 0.5) is 19.6 Å². The molecule has 0 fully saturated rings. The molecule has 218 valence electrons. The van der Waals surface area contributed by atoms with E-state index in [9.17, 15) is 0 Å². The largest absolute Gasteiger partial charge is 0.494 e. The molecule has 0 bridgehead atoms. The summed E-state index contributed by atoms with van der Waals surface area (Å²) >= 11 is 5.62. The molecular weight excluding hydrogens is 559 g/mol. The number of rotatable bonds is 13. The first-order chi connectivity index (χ1) is 19.5. The minimum atomic E-state index is -3.06. The molecule has 4 aromatic rings. The third-order valence-corrected chi connectivity index (χ3v) is 7.74. The van der Waals surface area contributed by atoms with Gasteiger partial charge in [0.1, 0.15) is 5.75 Å². The van der Waals surface area contributed by atoms with E-state index in [1.807, 2.05) is 48.5 Å². The number of thiol groups is 1. The van der Waals surface area contributed by atoms with Gasteiger partial charge in [-0.15, -0.1) is 12.6 Å². The number of nitrogens with one attached hydrogen (secondary N) is 2. The highest BCUT2D eigenvalue weighted by Gasteiger charge is 2.34. The Morgan fingerprint density at radius 1 is 0.927 bits per heavy atom. The Morgan fingerprint density at radius 2 is 1.71 bits per heavy atom. The number of benzene rings is 3. The van der Waals surface area contributed by atoms with Gasteiger partial charge in [0.25, 0.3) is 5.92 Å². The zero-order valence-corrected chi connectivity index (χ0v) is 25.4. The van der Waals surface area contributed by atoms with Gasteiger partial charge in [-0.3, -0.25) is 0 Å². The molecule has 4 rings (SSSR count). The van der Waals surface area contributed by atoms with Gasteiger partial charge in [0.2, 0.25) is 0 Å². The molecule has 0 saturated heterocycles. The lowest BCUT2D eigenvalue weighted by Gasteiger charge is -2.20. The Labute approximate surface area is 251 Å². The fourth-order valence-corrected chi connectivity index (χ4v) is 5.41. The Balaban J connectivity index is 1.45. The molecule has 0 aliphatic rings. The molecule has 0 spiro atoms. The number of ether oxygens (including phenoxy) is 1. The third-order valence-electron chi connectivity index (χ3n) is 6.53. The van der Waals surface area contributed by atoms with Gasteiger partial charge in [-0.05, 0) is 47.7 Å². The number of aromatic nitrogens is 1. The highest BCUT2D eigenvalue weighted by atomic mass is 32.1.